The van der Waals surface area contributed by atoms with Crippen LogP contribution in [0.1, 0.15) is 46.5 Å². The molecule has 2 heteroatoms. The van der Waals surface area contributed by atoms with Crippen LogP contribution in [0, 0.1) is 11.3 Å². The molecule has 1 nitrogen and oxygen atoms in total. The molecule has 2 saturated heterocycles. The van der Waals surface area contributed by atoms with Crippen molar-refractivity contribution in [3.63, 3.8) is 0 Å². The second kappa shape index (κ2) is 3.55. The minimum Gasteiger partial charge on any atom is -0.299 e. The Labute approximate surface area is 91.0 Å². The Morgan fingerprint density at radius 3 is 2.07 bits per heavy atom. The van der Waals surface area contributed by atoms with Gasteiger partial charge in [0, 0.05) is 21.8 Å². The fraction of sp³-hybridized carbons (Fsp3) is 0.917. The van der Waals surface area contributed by atoms with Gasteiger partial charge in [-0.2, -0.15) is 11.8 Å². The highest BCUT2D eigenvalue weighted by Gasteiger charge is 2.40. The van der Waals surface area contributed by atoms with E-state index in [9.17, 15) is 4.79 Å². The van der Waals surface area contributed by atoms with Crippen LogP contribution in [0.4, 0.5) is 0 Å². The van der Waals surface area contributed by atoms with Crippen LogP contribution in [0.5, 0.6) is 0 Å². The number of Topliss-reactive ketones (excluding diaryl/α,β-unsaturated/α-hetero) is 1. The number of carbonyl (C=O) groups excluding carboxylic acids is 1. The third-order valence-corrected chi connectivity index (χ3v) is 5.03. The average molecular weight is 212 g/mol. The van der Waals surface area contributed by atoms with E-state index in [2.05, 4.69) is 32.5 Å². The normalized spacial score (nSPS) is 37.2. The molecule has 0 radical (unpaired) electrons. The van der Waals surface area contributed by atoms with Crippen molar-refractivity contribution in [1.29, 1.82) is 0 Å². The zero-order valence-corrected chi connectivity index (χ0v) is 10.2. The van der Waals surface area contributed by atoms with Crippen molar-refractivity contribution >= 4 is 17.5 Å². The summed E-state index contributed by atoms with van der Waals surface area (Å²) < 4.78 is 0. The summed E-state index contributed by atoms with van der Waals surface area (Å²) in [5.74, 6) is 0.864. The number of ketones is 1. The van der Waals surface area contributed by atoms with Crippen molar-refractivity contribution in [2.75, 3.05) is 0 Å². The predicted molar refractivity (Wildman–Crippen MR) is 61.6 cm³/mol. The highest BCUT2D eigenvalue weighted by Crippen LogP contribution is 2.47. The summed E-state index contributed by atoms with van der Waals surface area (Å²) in [6.07, 6.45) is 5.00. The first-order valence-electron chi connectivity index (χ1n) is 5.66. The van der Waals surface area contributed by atoms with Gasteiger partial charge in [-0.15, -0.1) is 0 Å². The van der Waals surface area contributed by atoms with Crippen LogP contribution in [0.25, 0.3) is 0 Å². The summed E-state index contributed by atoms with van der Waals surface area (Å²) in [4.78, 5) is 12.1. The molecule has 0 aromatic rings. The Balaban J connectivity index is 2.03. The first kappa shape index (κ1) is 10.5. The molecular weight excluding hydrogens is 192 g/mol. The van der Waals surface area contributed by atoms with E-state index < -0.39 is 0 Å². The van der Waals surface area contributed by atoms with E-state index in [1.165, 1.54) is 12.8 Å². The van der Waals surface area contributed by atoms with Crippen molar-refractivity contribution in [2.45, 2.75) is 57.0 Å². The Morgan fingerprint density at radius 2 is 1.64 bits per heavy atom. The summed E-state index contributed by atoms with van der Waals surface area (Å²) in [6.45, 7) is 6.16. The average Bonchev–Trinajstić information content (AvgIpc) is 2.42. The summed E-state index contributed by atoms with van der Waals surface area (Å²) >= 11 is 2.13. The Kier molecular flexibility index (Phi) is 2.67. The molecule has 0 aromatic carbocycles. The fourth-order valence-corrected chi connectivity index (χ4v) is 4.46. The van der Waals surface area contributed by atoms with Crippen LogP contribution in [0.3, 0.4) is 0 Å². The first-order chi connectivity index (χ1) is 6.47. The van der Waals surface area contributed by atoms with E-state index in [0.717, 1.165) is 23.3 Å². The molecule has 0 aromatic heterocycles. The highest BCUT2D eigenvalue weighted by atomic mass is 32.2. The minimum atomic E-state index is -0.133. The zero-order valence-electron chi connectivity index (χ0n) is 9.38. The molecule has 2 aliphatic heterocycles. The van der Waals surface area contributed by atoms with E-state index in [1.807, 2.05) is 0 Å². The van der Waals surface area contributed by atoms with Gasteiger partial charge in [0.15, 0.2) is 0 Å². The van der Waals surface area contributed by atoms with Crippen LogP contribution in [0.15, 0.2) is 0 Å². The van der Waals surface area contributed by atoms with Crippen LogP contribution in [-0.2, 0) is 4.79 Å². The maximum Gasteiger partial charge on any atom is 0.141 e. The van der Waals surface area contributed by atoms with Gasteiger partial charge in [0.25, 0.3) is 0 Å². The molecule has 80 valence electrons. The number of hydrogen-bond donors (Lipinski definition) is 0. The standard InChI is InChI=1S/C12H20OS/c1-12(2,3)11(13)8-6-9-4-5-10(7-8)14-9/h8-10H,4-7H2,1-3H3. The summed E-state index contributed by atoms with van der Waals surface area (Å²) in [6, 6.07) is 0. The third-order valence-electron chi connectivity index (χ3n) is 3.40. The molecule has 2 fully saturated rings. The maximum absolute atomic E-state index is 12.1. The van der Waals surface area contributed by atoms with Crippen molar-refractivity contribution in [2.24, 2.45) is 11.3 Å². The number of thioether (sulfide) groups is 1. The van der Waals surface area contributed by atoms with Crippen LogP contribution in [0.2, 0.25) is 0 Å². The molecule has 2 heterocycles. The first-order valence-corrected chi connectivity index (χ1v) is 6.61. The molecule has 0 saturated carbocycles. The minimum absolute atomic E-state index is 0.133. The highest BCUT2D eigenvalue weighted by molar-refractivity contribution is 8.00. The van der Waals surface area contributed by atoms with Gasteiger partial charge < -0.3 is 0 Å². The smallest absolute Gasteiger partial charge is 0.141 e. The molecule has 2 aliphatic rings. The predicted octanol–water partition coefficient (Wildman–Crippen LogP) is 3.28. The van der Waals surface area contributed by atoms with Gasteiger partial charge in [0.1, 0.15) is 5.78 Å². The Morgan fingerprint density at radius 1 is 1.14 bits per heavy atom. The lowest BCUT2D eigenvalue weighted by Crippen LogP contribution is -2.33. The topological polar surface area (TPSA) is 17.1 Å². The number of fused-ring (bicyclic) bond motifs is 2. The van der Waals surface area contributed by atoms with Gasteiger partial charge >= 0.3 is 0 Å². The molecule has 0 amide bonds. The second-order valence-electron chi connectivity index (χ2n) is 5.74. The SMILES string of the molecule is CC(C)(C)C(=O)C1CC2CCC(C1)S2. The largest absolute Gasteiger partial charge is 0.299 e. The van der Waals surface area contributed by atoms with Gasteiger partial charge in [-0.1, -0.05) is 20.8 Å². The van der Waals surface area contributed by atoms with Crippen molar-refractivity contribution in [3.05, 3.63) is 0 Å². The molecule has 2 rings (SSSR count). The summed E-state index contributed by atoms with van der Waals surface area (Å²) in [5.41, 5.74) is -0.133. The van der Waals surface area contributed by atoms with Crippen molar-refractivity contribution in [1.82, 2.24) is 0 Å². The van der Waals surface area contributed by atoms with Gasteiger partial charge in [-0.25, -0.2) is 0 Å². The van der Waals surface area contributed by atoms with Gasteiger partial charge in [-0.05, 0) is 25.7 Å². The number of hydrogen-bond acceptors (Lipinski definition) is 2. The van der Waals surface area contributed by atoms with Gasteiger partial charge in [0.05, 0.1) is 0 Å². The fourth-order valence-electron chi connectivity index (χ4n) is 2.68. The number of carbonyl (C=O) groups is 1. The van der Waals surface area contributed by atoms with Gasteiger partial charge in [0.2, 0.25) is 0 Å². The summed E-state index contributed by atoms with van der Waals surface area (Å²) in [5, 5.41) is 1.59. The van der Waals surface area contributed by atoms with E-state index in [4.69, 9.17) is 0 Å². The van der Waals surface area contributed by atoms with E-state index >= 15 is 0 Å². The molecule has 0 aliphatic carbocycles. The lowest BCUT2D eigenvalue weighted by atomic mass is 9.79. The van der Waals surface area contributed by atoms with Crippen LogP contribution >= 0.6 is 11.8 Å². The third kappa shape index (κ3) is 2.00. The zero-order chi connectivity index (χ0) is 10.3. The molecule has 2 bridgehead atoms. The van der Waals surface area contributed by atoms with Gasteiger partial charge in [-0.3, -0.25) is 4.79 Å². The Hall–Kier alpha value is 0.0200. The lowest BCUT2D eigenvalue weighted by molar-refractivity contribution is -0.130. The van der Waals surface area contributed by atoms with E-state index in [0.29, 0.717) is 11.7 Å². The molecule has 2 unspecified atom stereocenters. The lowest BCUT2D eigenvalue weighted by Gasteiger charge is -2.30. The van der Waals surface area contributed by atoms with Crippen molar-refractivity contribution < 1.29 is 4.79 Å². The van der Waals surface area contributed by atoms with E-state index in [1.54, 1.807) is 0 Å². The monoisotopic (exact) mass is 212 g/mol. The van der Waals surface area contributed by atoms with Crippen LogP contribution in [-0.4, -0.2) is 16.3 Å². The molecule has 0 N–H and O–H groups in total. The second-order valence-corrected chi connectivity index (χ2v) is 7.35. The summed E-state index contributed by atoms with van der Waals surface area (Å²) in [7, 11) is 0. The quantitative estimate of drug-likeness (QED) is 0.663. The van der Waals surface area contributed by atoms with Crippen molar-refractivity contribution in [3.8, 4) is 0 Å². The van der Waals surface area contributed by atoms with Crippen LogP contribution < -0.4 is 0 Å². The molecule has 14 heavy (non-hydrogen) atoms. The number of rotatable bonds is 1. The molecule has 2 atom stereocenters. The van der Waals surface area contributed by atoms with E-state index in [-0.39, 0.29) is 5.41 Å². The molecular formula is C12H20OS. The maximum atomic E-state index is 12.1. The Bertz CT molecular complexity index is 229. The molecule has 0 spiro atoms.